The molecule has 0 bridgehead atoms. The van der Waals surface area contributed by atoms with Gasteiger partial charge in [-0.15, -0.1) is 5.10 Å². The topological polar surface area (TPSA) is 81.0 Å². The van der Waals surface area contributed by atoms with E-state index in [1.165, 1.54) is 16.7 Å². The quantitative estimate of drug-likeness (QED) is 0.605. The lowest BCUT2D eigenvalue weighted by atomic mass is 10.1. The van der Waals surface area contributed by atoms with Crippen LogP contribution < -0.4 is 0 Å². The Morgan fingerprint density at radius 1 is 1.15 bits per heavy atom. The number of rotatable bonds is 4. The van der Waals surface area contributed by atoms with Gasteiger partial charge in [0.25, 0.3) is 11.8 Å². The van der Waals surface area contributed by atoms with Crippen LogP contribution in [0.1, 0.15) is 20.7 Å². The molecule has 8 heteroatoms. The van der Waals surface area contributed by atoms with E-state index in [1.807, 2.05) is 0 Å². The molecule has 102 valence electrons. The maximum Gasteiger partial charge on any atom is 0.261 e. The molecule has 1 aliphatic rings. The van der Waals surface area contributed by atoms with Crippen LogP contribution in [-0.2, 0) is 7.05 Å². The van der Waals surface area contributed by atoms with Crippen molar-refractivity contribution in [1.29, 1.82) is 0 Å². The number of fused-ring (bicyclic) bond motifs is 1. The normalized spacial score (nSPS) is 13.9. The second-order valence-electron chi connectivity index (χ2n) is 4.24. The third kappa shape index (κ3) is 2.07. The third-order valence-electron chi connectivity index (χ3n) is 3.01. The number of tetrazole rings is 1. The van der Waals surface area contributed by atoms with Gasteiger partial charge in [0.05, 0.1) is 11.1 Å². The van der Waals surface area contributed by atoms with E-state index in [0.717, 1.165) is 0 Å². The van der Waals surface area contributed by atoms with Crippen LogP contribution in [0.15, 0.2) is 29.4 Å². The number of benzene rings is 1. The van der Waals surface area contributed by atoms with E-state index < -0.39 is 0 Å². The van der Waals surface area contributed by atoms with Gasteiger partial charge in [-0.2, -0.15) is 0 Å². The van der Waals surface area contributed by atoms with Crippen molar-refractivity contribution in [2.75, 3.05) is 12.3 Å². The van der Waals surface area contributed by atoms with Crippen molar-refractivity contribution in [1.82, 2.24) is 25.1 Å². The Bertz CT molecular complexity index is 649. The summed E-state index contributed by atoms with van der Waals surface area (Å²) in [5.41, 5.74) is 0.950. The zero-order valence-corrected chi connectivity index (χ0v) is 11.5. The number of carbonyl (C=O) groups is 2. The highest BCUT2D eigenvalue weighted by atomic mass is 32.2. The zero-order valence-electron chi connectivity index (χ0n) is 10.7. The molecule has 0 aliphatic carbocycles. The van der Waals surface area contributed by atoms with E-state index in [4.69, 9.17) is 0 Å². The first-order valence-corrected chi connectivity index (χ1v) is 6.97. The molecule has 0 fully saturated rings. The van der Waals surface area contributed by atoms with Gasteiger partial charge in [0, 0.05) is 19.3 Å². The van der Waals surface area contributed by atoms with Gasteiger partial charge in [-0.05, 0) is 22.6 Å². The molecule has 0 radical (unpaired) electrons. The Balaban J connectivity index is 1.67. The Kier molecular flexibility index (Phi) is 3.23. The van der Waals surface area contributed by atoms with E-state index in [0.29, 0.717) is 28.6 Å². The molecule has 1 aliphatic heterocycles. The number of nitrogens with zero attached hydrogens (tertiary/aromatic N) is 5. The minimum absolute atomic E-state index is 0.234. The summed E-state index contributed by atoms with van der Waals surface area (Å²) >= 11 is 1.40. The van der Waals surface area contributed by atoms with Crippen molar-refractivity contribution in [2.45, 2.75) is 5.16 Å². The number of carbonyl (C=O) groups excluding carboxylic acids is 2. The molecule has 0 atom stereocenters. The molecule has 0 saturated carbocycles. The highest BCUT2D eigenvalue weighted by Gasteiger charge is 2.34. The third-order valence-corrected chi connectivity index (χ3v) is 4.00. The number of hydrogen-bond acceptors (Lipinski definition) is 6. The molecule has 2 heterocycles. The van der Waals surface area contributed by atoms with Crippen LogP contribution in [0.4, 0.5) is 0 Å². The first-order chi connectivity index (χ1) is 9.68. The van der Waals surface area contributed by atoms with Gasteiger partial charge < -0.3 is 0 Å². The van der Waals surface area contributed by atoms with Gasteiger partial charge in [0.2, 0.25) is 5.16 Å². The van der Waals surface area contributed by atoms with Crippen LogP contribution in [0.3, 0.4) is 0 Å². The molecule has 0 spiro atoms. The molecule has 1 aromatic carbocycles. The summed E-state index contributed by atoms with van der Waals surface area (Å²) in [5, 5.41) is 11.7. The summed E-state index contributed by atoms with van der Waals surface area (Å²) in [6.07, 6.45) is 0. The Labute approximate surface area is 118 Å². The van der Waals surface area contributed by atoms with Crippen LogP contribution in [0, 0.1) is 0 Å². The molecule has 7 nitrogen and oxygen atoms in total. The number of imide groups is 1. The summed E-state index contributed by atoms with van der Waals surface area (Å²) in [6.45, 7) is 0.337. The van der Waals surface area contributed by atoms with Gasteiger partial charge in [-0.1, -0.05) is 23.9 Å². The van der Waals surface area contributed by atoms with Crippen LogP contribution >= 0.6 is 11.8 Å². The first kappa shape index (κ1) is 12.8. The van der Waals surface area contributed by atoms with Crippen LogP contribution in [0.5, 0.6) is 0 Å². The SMILES string of the molecule is Cn1nnnc1SCCN1C(=O)c2ccccc2C1=O. The largest absolute Gasteiger partial charge is 0.273 e. The maximum atomic E-state index is 12.1. The lowest BCUT2D eigenvalue weighted by Crippen LogP contribution is -2.31. The summed E-state index contributed by atoms with van der Waals surface area (Å²) in [6, 6.07) is 6.87. The standard InChI is InChI=1S/C12H11N5O2S/c1-16-12(13-14-15-16)20-7-6-17-10(18)8-4-2-3-5-9(8)11(17)19/h2-5H,6-7H2,1H3. The average molecular weight is 289 g/mol. The van der Waals surface area contributed by atoms with E-state index in [-0.39, 0.29) is 11.8 Å². The van der Waals surface area contributed by atoms with Crippen molar-refractivity contribution in [3.8, 4) is 0 Å². The second kappa shape index (κ2) is 5.04. The molecule has 1 aromatic heterocycles. The monoisotopic (exact) mass is 289 g/mol. The highest BCUT2D eigenvalue weighted by molar-refractivity contribution is 7.99. The zero-order chi connectivity index (χ0) is 14.1. The Morgan fingerprint density at radius 3 is 2.35 bits per heavy atom. The highest BCUT2D eigenvalue weighted by Crippen LogP contribution is 2.23. The molecular formula is C12H11N5O2S. The van der Waals surface area contributed by atoms with E-state index in [1.54, 1.807) is 36.0 Å². The average Bonchev–Trinajstić information content (AvgIpc) is 2.97. The Morgan fingerprint density at radius 2 is 1.80 bits per heavy atom. The fraction of sp³-hybridized carbons (Fsp3) is 0.250. The predicted molar refractivity (Wildman–Crippen MR) is 71.3 cm³/mol. The van der Waals surface area contributed by atoms with Crippen LogP contribution in [0.2, 0.25) is 0 Å². The minimum Gasteiger partial charge on any atom is -0.273 e. The number of hydrogen-bond donors (Lipinski definition) is 0. The van der Waals surface area contributed by atoms with Gasteiger partial charge in [0.15, 0.2) is 0 Å². The van der Waals surface area contributed by atoms with Crippen molar-refractivity contribution in [3.63, 3.8) is 0 Å². The molecule has 3 rings (SSSR count). The number of amides is 2. The Hall–Kier alpha value is -2.22. The van der Waals surface area contributed by atoms with Gasteiger partial charge in [0.1, 0.15) is 0 Å². The van der Waals surface area contributed by atoms with Crippen molar-refractivity contribution < 1.29 is 9.59 Å². The molecule has 2 aromatic rings. The van der Waals surface area contributed by atoms with Crippen molar-refractivity contribution >= 4 is 23.6 Å². The second-order valence-corrected chi connectivity index (χ2v) is 5.30. The van der Waals surface area contributed by atoms with E-state index in [2.05, 4.69) is 15.5 Å². The fourth-order valence-corrected chi connectivity index (χ4v) is 2.79. The number of thioether (sulfide) groups is 1. The lowest BCUT2D eigenvalue weighted by Gasteiger charge is -2.12. The first-order valence-electron chi connectivity index (χ1n) is 5.99. The summed E-state index contributed by atoms with van der Waals surface area (Å²) in [4.78, 5) is 25.5. The van der Waals surface area contributed by atoms with Crippen LogP contribution in [0.25, 0.3) is 0 Å². The molecule has 0 unspecified atom stereocenters. The minimum atomic E-state index is -0.234. The van der Waals surface area contributed by atoms with Gasteiger partial charge in [-0.3, -0.25) is 14.5 Å². The van der Waals surface area contributed by atoms with Crippen molar-refractivity contribution in [3.05, 3.63) is 35.4 Å². The molecule has 2 amide bonds. The smallest absolute Gasteiger partial charge is 0.261 e. The maximum absolute atomic E-state index is 12.1. The summed E-state index contributed by atoms with van der Waals surface area (Å²) in [5.74, 6) is 0.0873. The number of aromatic nitrogens is 4. The van der Waals surface area contributed by atoms with E-state index >= 15 is 0 Å². The van der Waals surface area contributed by atoms with Crippen LogP contribution in [-0.4, -0.2) is 49.2 Å². The van der Waals surface area contributed by atoms with Gasteiger partial charge >= 0.3 is 0 Å². The van der Waals surface area contributed by atoms with Crippen molar-refractivity contribution in [2.24, 2.45) is 7.05 Å². The molecule has 0 N–H and O–H groups in total. The fourth-order valence-electron chi connectivity index (χ4n) is 2.01. The predicted octanol–water partition coefficient (Wildman–Crippen LogP) is 0.598. The molecular weight excluding hydrogens is 278 g/mol. The molecule has 20 heavy (non-hydrogen) atoms. The lowest BCUT2D eigenvalue weighted by molar-refractivity contribution is 0.0664. The summed E-state index contributed by atoms with van der Waals surface area (Å²) in [7, 11) is 1.74. The van der Waals surface area contributed by atoms with E-state index in [9.17, 15) is 9.59 Å². The molecule has 0 saturated heterocycles. The van der Waals surface area contributed by atoms with Gasteiger partial charge in [-0.25, -0.2) is 4.68 Å². The summed E-state index contributed by atoms with van der Waals surface area (Å²) < 4.78 is 1.55. The number of aryl methyl sites for hydroxylation is 1.